The van der Waals surface area contributed by atoms with Crippen molar-refractivity contribution in [1.82, 2.24) is 0 Å². The molecule has 0 amide bonds. The van der Waals surface area contributed by atoms with Crippen molar-refractivity contribution in [3.8, 4) is 5.75 Å². The molecular weight excluding hydrogens is 279 g/mol. The van der Waals surface area contributed by atoms with Gasteiger partial charge in [0, 0.05) is 12.0 Å². The molecular formula is C16H14ClFO2. The fraction of sp³-hybridized carbons (Fsp3) is 0.188. The molecule has 104 valence electrons. The lowest BCUT2D eigenvalue weighted by Gasteiger charge is -2.08. The molecule has 0 radical (unpaired) electrons. The molecule has 0 saturated heterocycles. The van der Waals surface area contributed by atoms with Gasteiger partial charge in [0.2, 0.25) is 0 Å². The van der Waals surface area contributed by atoms with Crippen LogP contribution in [0, 0.1) is 5.82 Å². The zero-order valence-electron chi connectivity index (χ0n) is 10.8. The summed E-state index contributed by atoms with van der Waals surface area (Å²) in [4.78, 5) is 11.8. The summed E-state index contributed by atoms with van der Waals surface area (Å²) in [6.45, 7) is 0.249. The second-order valence-electron chi connectivity index (χ2n) is 4.29. The van der Waals surface area contributed by atoms with Crippen molar-refractivity contribution in [3.63, 3.8) is 0 Å². The van der Waals surface area contributed by atoms with Gasteiger partial charge in [0.25, 0.3) is 0 Å². The maximum atomic E-state index is 13.4. The Morgan fingerprint density at radius 3 is 2.55 bits per heavy atom. The molecule has 2 nitrogen and oxygen atoms in total. The van der Waals surface area contributed by atoms with E-state index in [1.165, 1.54) is 12.1 Å². The molecule has 20 heavy (non-hydrogen) atoms. The van der Waals surface area contributed by atoms with Gasteiger partial charge in [-0.25, -0.2) is 4.39 Å². The summed E-state index contributed by atoms with van der Waals surface area (Å²) >= 11 is 5.83. The predicted octanol–water partition coefficient (Wildman–Crippen LogP) is 4.52. The van der Waals surface area contributed by atoms with E-state index in [0.717, 1.165) is 0 Å². The molecule has 0 aliphatic rings. The summed E-state index contributed by atoms with van der Waals surface area (Å²) in [6.07, 6.45) is 0.870. The minimum absolute atomic E-state index is 0.0429. The average molecular weight is 293 g/mol. The van der Waals surface area contributed by atoms with E-state index in [2.05, 4.69) is 0 Å². The van der Waals surface area contributed by atoms with Crippen LogP contribution in [-0.2, 0) is 0 Å². The first-order chi connectivity index (χ1) is 9.68. The SMILES string of the molecule is O=C(CCCOc1c(F)cccc1Cl)c1ccccc1. The third-order valence-electron chi connectivity index (χ3n) is 2.81. The normalized spacial score (nSPS) is 10.3. The first kappa shape index (κ1) is 14.5. The maximum Gasteiger partial charge on any atom is 0.173 e. The van der Waals surface area contributed by atoms with Crippen molar-refractivity contribution in [2.45, 2.75) is 12.8 Å². The summed E-state index contributed by atoms with van der Waals surface area (Å²) in [6, 6.07) is 13.4. The zero-order valence-corrected chi connectivity index (χ0v) is 11.6. The highest BCUT2D eigenvalue weighted by molar-refractivity contribution is 6.32. The topological polar surface area (TPSA) is 26.3 Å². The second kappa shape index (κ2) is 7.06. The molecule has 2 aromatic carbocycles. The number of ketones is 1. The molecule has 2 rings (SSSR count). The number of Topliss-reactive ketones (excluding diaryl/α,β-unsaturated/α-hetero) is 1. The average Bonchev–Trinajstić information content (AvgIpc) is 2.46. The Morgan fingerprint density at radius 2 is 1.85 bits per heavy atom. The van der Waals surface area contributed by atoms with Crippen LogP contribution in [0.2, 0.25) is 5.02 Å². The lowest BCUT2D eigenvalue weighted by atomic mass is 10.1. The maximum absolute atomic E-state index is 13.4. The molecule has 0 aliphatic heterocycles. The minimum Gasteiger partial charge on any atom is -0.489 e. The van der Waals surface area contributed by atoms with Gasteiger partial charge in [-0.1, -0.05) is 48.0 Å². The van der Waals surface area contributed by atoms with E-state index in [9.17, 15) is 9.18 Å². The van der Waals surface area contributed by atoms with E-state index < -0.39 is 5.82 Å². The van der Waals surface area contributed by atoms with Gasteiger partial charge >= 0.3 is 0 Å². The number of hydrogen-bond acceptors (Lipinski definition) is 2. The molecule has 0 atom stereocenters. The van der Waals surface area contributed by atoms with Crippen molar-refractivity contribution in [1.29, 1.82) is 0 Å². The molecule has 0 bridgehead atoms. The molecule has 0 saturated carbocycles. The highest BCUT2D eigenvalue weighted by Gasteiger charge is 2.09. The number of halogens is 2. The zero-order chi connectivity index (χ0) is 14.4. The van der Waals surface area contributed by atoms with Gasteiger partial charge in [0.15, 0.2) is 17.3 Å². The summed E-state index contributed by atoms with van der Waals surface area (Å²) < 4.78 is 18.7. The van der Waals surface area contributed by atoms with Crippen LogP contribution in [0.1, 0.15) is 23.2 Å². The molecule has 0 spiro atoms. The Kier molecular flexibility index (Phi) is 5.13. The van der Waals surface area contributed by atoms with E-state index in [4.69, 9.17) is 16.3 Å². The Labute approximate surface area is 122 Å². The standard InChI is InChI=1S/C16H14ClFO2/c17-13-8-4-9-14(18)16(13)20-11-5-10-15(19)12-6-2-1-3-7-12/h1-4,6-9H,5,10-11H2. The van der Waals surface area contributed by atoms with Crippen LogP contribution in [0.25, 0.3) is 0 Å². The first-order valence-electron chi connectivity index (χ1n) is 6.33. The lowest BCUT2D eigenvalue weighted by molar-refractivity contribution is 0.0973. The highest BCUT2D eigenvalue weighted by Crippen LogP contribution is 2.27. The molecule has 0 N–H and O–H groups in total. The largest absolute Gasteiger partial charge is 0.489 e. The van der Waals surface area contributed by atoms with E-state index in [0.29, 0.717) is 18.4 Å². The lowest BCUT2D eigenvalue weighted by Crippen LogP contribution is -2.04. The van der Waals surface area contributed by atoms with Crippen LogP contribution in [0.4, 0.5) is 4.39 Å². The number of ether oxygens (including phenoxy) is 1. The van der Waals surface area contributed by atoms with E-state index in [1.807, 2.05) is 18.2 Å². The third kappa shape index (κ3) is 3.81. The number of benzene rings is 2. The fourth-order valence-electron chi connectivity index (χ4n) is 1.80. The summed E-state index contributed by atoms with van der Waals surface area (Å²) in [5.74, 6) is -0.401. The van der Waals surface area contributed by atoms with Crippen LogP contribution in [0.15, 0.2) is 48.5 Å². The number of rotatable bonds is 6. The van der Waals surface area contributed by atoms with Crippen LogP contribution in [0.5, 0.6) is 5.75 Å². The Balaban J connectivity index is 1.81. The van der Waals surface area contributed by atoms with Crippen molar-refractivity contribution in [2.24, 2.45) is 0 Å². The van der Waals surface area contributed by atoms with Crippen LogP contribution < -0.4 is 4.74 Å². The van der Waals surface area contributed by atoms with Gasteiger partial charge in [-0.05, 0) is 18.6 Å². The van der Waals surface area contributed by atoms with E-state index in [-0.39, 0.29) is 23.2 Å². The molecule has 4 heteroatoms. The van der Waals surface area contributed by atoms with Gasteiger partial charge in [-0.2, -0.15) is 0 Å². The highest BCUT2D eigenvalue weighted by atomic mass is 35.5. The molecule has 0 fully saturated rings. The van der Waals surface area contributed by atoms with Gasteiger partial charge in [-0.3, -0.25) is 4.79 Å². The van der Waals surface area contributed by atoms with Crippen LogP contribution >= 0.6 is 11.6 Å². The Hall–Kier alpha value is -1.87. The number of hydrogen-bond donors (Lipinski definition) is 0. The summed E-state index contributed by atoms with van der Waals surface area (Å²) in [5.41, 5.74) is 0.677. The van der Waals surface area contributed by atoms with Gasteiger partial charge in [0.1, 0.15) is 0 Å². The van der Waals surface area contributed by atoms with Gasteiger partial charge in [0.05, 0.1) is 11.6 Å². The minimum atomic E-state index is -0.494. The van der Waals surface area contributed by atoms with E-state index in [1.54, 1.807) is 18.2 Å². The van der Waals surface area contributed by atoms with Crippen molar-refractivity contribution < 1.29 is 13.9 Å². The first-order valence-corrected chi connectivity index (χ1v) is 6.71. The molecule has 0 aliphatic carbocycles. The Bertz CT molecular complexity index is 564. The van der Waals surface area contributed by atoms with Crippen molar-refractivity contribution in [2.75, 3.05) is 6.61 Å². The van der Waals surface area contributed by atoms with Crippen molar-refractivity contribution >= 4 is 17.4 Å². The molecule has 0 heterocycles. The van der Waals surface area contributed by atoms with E-state index >= 15 is 0 Å². The molecule has 0 aromatic heterocycles. The second-order valence-corrected chi connectivity index (χ2v) is 4.70. The van der Waals surface area contributed by atoms with Crippen LogP contribution in [-0.4, -0.2) is 12.4 Å². The Morgan fingerprint density at radius 1 is 1.10 bits per heavy atom. The predicted molar refractivity (Wildman–Crippen MR) is 76.9 cm³/mol. The molecule has 0 unspecified atom stereocenters. The fourth-order valence-corrected chi connectivity index (χ4v) is 2.01. The van der Waals surface area contributed by atoms with Crippen molar-refractivity contribution in [3.05, 3.63) is 64.9 Å². The van der Waals surface area contributed by atoms with Gasteiger partial charge in [-0.15, -0.1) is 0 Å². The smallest absolute Gasteiger partial charge is 0.173 e. The monoisotopic (exact) mass is 292 g/mol. The number of carbonyl (C=O) groups excluding carboxylic acids is 1. The number of para-hydroxylation sites is 1. The number of carbonyl (C=O) groups is 1. The van der Waals surface area contributed by atoms with Gasteiger partial charge < -0.3 is 4.74 Å². The quantitative estimate of drug-likeness (QED) is 0.578. The summed E-state index contributed by atoms with van der Waals surface area (Å²) in [7, 11) is 0. The molecule has 2 aromatic rings. The van der Waals surface area contributed by atoms with Crippen LogP contribution in [0.3, 0.4) is 0 Å². The third-order valence-corrected chi connectivity index (χ3v) is 3.11. The summed E-state index contributed by atoms with van der Waals surface area (Å²) in [5, 5.41) is 0.236.